The molecule has 20 heavy (non-hydrogen) atoms. The fraction of sp³-hybridized carbons (Fsp3) is 0.462. The molecule has 0 aromatic rings. The van der Waals surface area contributed by atoms with E-state index in [1.807, 2.05) is 0 Å². The maximum atomic E-state index is 14.0. The zero-order valence-corrected chi connectivity index (χ0v) is 17.6. The second-order valence-electron chi connectivity index (χ2n) is 4.18. The summed E-state index contributed by atoms with van der Waals surface area (Å²) in [6.07, 6.45) is -7.22. The van der Waals surface area contributed by atoms with Crippen LogP contribution in [0, 0.1) is 50.1 Å². The van der Waals surface area contributed by atoms with Crippen LogP contribution in [0.4, 0.5) is 17.6 Å². The van der Waals surface area contributed by atoms with Gasteiger partial charge in [-0.05, 0) is 0 Å². The number of rotatable bonds is 6. The molecule has 2 atom stereocenters. The molecule has 0 heterocycles. The molecule has 2 unspecified atom stereocenters. The molecule has 0 fully saturated rings. The minimum absolute atomic E-state index is 0. The molecule has 0 saturated heterocycles. The number of hydrogen-bond donors (Lipinski definition) is 1. The van der Waals surface area contributed by atoms with E-state index in [0.717, 1.165) is 3.58 Å². The Bertz CT molecular complexity index is 386. The van der Waals surface area contributed by atoms with Crippen molar-refractivity contribution >= 4 is 0 Å². The first-order valence-corrected chi connectivity index (χ1v) is 7.85. The summed E-state index contributed by atoms with van der Waals surface area (Å²) in [6.45, 7) is 12.9. The minimum Gasteiger partial charge on any atom is 2.00 e. The van der Waals surface area contributed by atoms with Gasteiger partial charge in [-0.25, -0.2) is 0 Å². The molecule has 0 aromatic carbocycles. The Labute approximate surface area is 151 Å². The number of allylic oxidation sites excluding steroid dienone is 2. The van der Waals surface area contributed by atoms with Crippen molar-refractivity contribution in [2.24, 2.45) is 5.92 Å². The van der Waals surface area contributed by atoms with E-state index in [1.54, 1.807) is 6.92 Å². The third-order valence-electron chi connectivity index (χ3n) is 2.43. The van der Waals surface area contributed by atoms with E-state index >= 15 is 0 Å². The standard InChI is InChI=1S/C13H16F4IO.U/c1-6-10(8(2)3)18-7-9(4)12(5,14)11(19)13(15,16)17;/h9,19H,1-2,4,7H2,3,5H3;/q-3;+2. The zero-order chi connectivity index (χ0) is 15.4. The Morgan fingerprint density at radius 1 is 1.45 bits per heavy atom. The number of halogens is 5. The molecule has 0 radical (unpaired) electrons. The molecule has 1 N–H and O–H groups in total. The predicted octanol–water partition coefficient (Wildman–Crippen LogP) is 0.966. The van der Waals surface area contributed by atoms with Crippen molar-refractivity contribution in [2.75, 3.05) is 4.43 Å². The summed E-state index contributed by atoms with van der Waals surface area (Å²) in [4.78, 5) is 0. The third kappa shape index (κ3) is 6.66. The first-order valence-electron chi connectivity index (χ1n) is 5.25. The van der Waals surface area contributed by atoms with Crippen molar-refractivity contribution in [1.29, 1.82) is 0 Å². The minimum atomic E-state index is -5.08. The number of hydrogen-bond acceptors (Lipinski definition) is 1. The fourth-order valence-corrected chi connectivity index (χ4v) is 3.82. The Kier molecular flexibility index (Phi) is 10.3. The Morgan fingerprint density at radius 3 is 2.20 bits per heavy atom. The van der Waals surface area contributed by atoms with Crippen molar-refractivity contribution in [1.82, 2.24) is 0 Å². The van der Waals surface area contributed by atoms with Gasteiger partial charge in [0.25, 0.3) is 0 Å². The molecule has 0 saturated carbocycles. The summed E-state index contributed by atoms with van der Waals surface area (Å²) < 4.78 is 51.8. The average Bonchev–Trinajstić information content (AvgIpc) is 2.26. The molecule has 0 aromatic heterocycles. The first-order chi connectivity index (χ1) is 8.44. The first kappa shape index (κ1) is 23.0. The van der Waals surface area contributed by atoms with Gasteiger partial charge in [-0.1, -0.05) is 0 Å². The summed E-state index contributed by atoms with van der Waals surface area (Å²) in [5.41, 5.74) is 0.447. The van der Waals surface area contributed by atoms with Crippen LogP contribution in [0.2, 0.25) is 0 Å². The Morgan fingerprint density at radius 2 is 1.90 bits per heavy atom. The van der Waals surface area contributed by atoms with Gasteiger partial charge < -0.3 is 0 Å². The van der Waals surface area contributed by atoms with Gasteiger partial charge in [0, 0.05) is 0 Å². The maximum absolute atomic E-state index is 14.0. The number of aliphatic hydroxyl groups is 1. The van der Waals surface area contributed by atoms with Crippen LogP contribution in [-0.4, -0.2) is 21.4 Å². The van der Waals surface area contributed by atoms with Gasteiger partial charge in [-0.3, -0.25) is 0 Å². The molecule has 0 bridgehead atoms. The second kappa shape index (κ2) is 9.00. The van der Waals surface area contributed by atoms with E-state index in [4.69, 9.17) is 5.11 Å². The normalized spacial score (nSPS) is 16.1. The van der Waals surface area contributed by atoms with E-state index in [9.17, 15) is 17.6 Å². The van der Waals surface area contributed by atoms with Crippen LogP contribution < -0.4 is 21.2 Å². The smallest absolute Gasteiger partial charge is 2.00 e. The van der Waals surface area contributed by atoms with Gasteiger partial charge in [-0.2, -0.15) is 0 Å². The molecule has 1 nitrogen and oxygen atoms in total. The van der Waals surface area contributed by atoms with E-state index in [-0.39, 0.29) is 35.5 Å². The molecular weight excluding hydrogens is 613 g/mol. The quantitative estimate of drug-likeness (QED) is 0.116. The van der Waals surface area contributed by atoms with Gasteiger partial charge in [0.1, 0.15) is 0 Å². The van der Waals surface area contributed by atoms with Crippen LogP contribution in [0.5, 0.6) is 0 Å². The van der Waals surface area contributed by atoms with Gasteiger partial charge in [0.05, 0.1) is 0 Å². The fourth-order valence-electron chi connectivity index (χ4n) is 1.10. The van der Waals surface area contributed by atoms with Crippen LogP contribution >= 0.6 is 0 Å². The molecule has 0 aliphatic heterocycles. The molecule has 0 aliphatic carbocycles. The van der Waals surface area contributed by atoms with E-state index in [0.29, 0.717) is 12.5 Å². The summed E-state index contributed by atoms with van der Waals surface area (Å²) in [7, 11) is 0. The second-order valence-corrected chi connectivity index (χ2v) is 6.90. The van der Waals surface area contributed by atoms with Gasteiger partial charge in [0.15, 0.2) is 0 Å². The number of aliphatic hydroxyl groups excluding tert-OH is 1. The van der Waals surface area contributed by atoms with Crippen molar-refractivity contribution in [3.05, 3.63) is 41.1 Å². The molecule has 114 valence electrons. The van der Waals surface area contributed by atoms with Crippen LogP contribution in [-0.2, 0) is 0 Å². The SMILES string of the molecule is C=C=C([I-]CC([CH2-])C(C)(F)[C-](O)C(F)(F)F)C(=C)C.[U+2]. The van der Waals surface area contributed by atoms with Crippen molar-refractivity contribution in [3.63, 3.8) is 0 Å². The molecule has 7 heteroatoms. The summed E-state index contributed by atoms with van der Waals surface area (Å²) in [5.74, 6) is -1.20. The van der Waals surface area contributed by atoms with Crippen LogP contribution in [0.3, 0.4) is 0 Å². The van der Waals surface area contributed by atoms with Gasteiger partial charge in [0.2, 0.25) is 0 Å². The summed E-state index contributed by atoms with van der Waals surface area (Å²) in [5, 5.41) is 8.95. The predicted molar refractivity (Wildman–Crippen MR) is 61.9 cm³/mol. The Hall–Kier alpha value is 0.722. The largest absolute Gasteiger partial charge is 2.00 e. The molecule has 0 rings (SSSR count). The van der Waals surface area contributed by atoms with Crippen LogP contribution in [0.1, 0.15) is 13.8 Å². The topological polar surface area (TPSA) is 20.2 Å². The Balaban J connectivity index is 0. The van der Waals surface area contributed by atoms with E-state index < -0.39 is 45.1 Å². The molecule has 0 aliphatic rings. The van der Waals surface area contributed by atoms with E-state index in [1.165, 1.54) is 0 Å². The zero-order valence-electron chi connectivity index (χ0n) is 11.2. The van der Waals surface area contributed by atoms with Gasteiger partial charge in [-0.15, -0.1) is 0 Å². The van der Waals surface area contributed by atoms with Crippen LogP contribution in [0.25, 0.3) is 0 Å². The average molecular weight is 629 g/mol. The third-order valence-corrected chi connectivity index (χ3v) is 5.99. The van der Waals surface area contributed by atoms with E-state index in [2.05, 4.69) is 25.8 Å². The monoisotopic (exact) mass is 629 g/mol. The summed E-state index contributed by atoms with van der Waals surface area (Å²) in [6, 6.07) is 0. The van der Waals surface area contributed by atoms with Crippen molar-refractivity contribution in [3.8, 4) is 0 Å². The molecule has 0 amide bonds. The maximum Gasteiger partial charge on any atom is 2.00 e. The van der Waals surface area contributed by atoms with Crippen molar-refractivity contribution < 1.29 is 75.0 Å². The molecular formula is C13H16F4IOU-. The van der Waals surface area contributed by atoms with Crippen molar-refractivity contribution in [2.45, 2.75) is 25.7 Å². The van der Waals surface area contributed by atoms with Crippen LogP contribution in [0.15, 0.2) is 28.0 Å². The summed E-state index contributed by atoms with van der Waals surface area (Å²) >= 11 is -0.801. The number of alkyl halides is 5. The van der Waals surface area contributed by atoms with Gasteiger partial charge >= 0.3 is 152 Å². The molecule has 0 spiro atoms.